The Labute approximate surface area is 85.7 Å². The second-order valence-corrected chi connectivity index (χ2v) is 4.54. The summed E-state index contributed by atoms with van der Waals surface area (Å²) in [5, 5.41) is 9.07. The number of carbonyl (C=O) groups is 1. The van der Waals surface area contributed by atoms with Crippen LogP contribution in [-0.4, -0.2) is 17.6 Å². The van der Waals surface area contributed by atoms with Gasteiger partial charge in [-0.25, -0.2) is 0 Å². The van der Waals surface area contributed by atoms with Gasteiger partial charge in [-0.3, -0.25) is 4.79 Å². The van der Waals surface area contributed by atoms with E-state index in [1.54, 1.807) is 0 Å². The van der Waals surface area contributed by atoms with E-state index in [1.165, 1.54) is 12.8 Å². The first-order valence-electron chi connectivity index (χ1n) is 5.58. The maximum Gasteiger partial charge on any atom is 0.306 e. The van der Waals surface area contributed by atoms with Gasteiger partial charge in [-0.2, -0.15) is 0 Å². The van der Waals surface area contributed by atoms with Crippen LogP contribution in [-0.2, 0) is 4.79 Å². The molecule has 1 atom stereocenters. The molecular weight excluding hydrogens is 178 g/mol. The van der Waals surface area contributed by atoms with Crippen molar-refractivity contribution in [2.45, 2.75) is 39.0 Å². The number of carboxylic acid groups (broad SMARTS) is 1. The number of hydrogen-bond acceptors (Lipinski definition) is 2. The van der Waals surface area contributed by atoms with E-state index >= 15 is 0 Å². The summed E-state index contributed by atoms with van der Waals surface area (Å²) in [6, 6.07) is 0. The van der Waals surface area contributed by atoms with Crippen LogP contribution < -0.4 is 5.73 Å². The maximum absolute atomic E-state index is 11.0. The zero-order valence-corrected chi connectivity index (χ0v) is 8.91. The van der Waals surface area contributed by atoms with Gasteiger partial charge >= 0.3 is 5.97 Å². The van der Waals surface area contributed by atoms with Crippen molar-refractivity contribution in [1.29, 1.82) is 0 Å². The molecule has 1 fully saturated rings. The van der Waals surface area contributed by atoms with Crippen LogP contribution in [0.3, 0.4) is 0 Å². The van der Waals surface area contributed by atoms with Gasteiger partial charge in [0.15, 0.2) is 0 Å². The summed E-state index contributed by atoms with van der Waals surface area (Å²) in [6.45, 7) is 2.73. The summed E-state index contributed by atoms with van der Waals surface area (Å²) in [7, 11) is 0. The van der Waals surface area contributed by atoms with Crippen LogP contribution in [0.1, 0.15) is 39.0 Å². The highest BCUT2D eigenvalue weighted by Gasteiger charge is 2.30. The Morgan fingerprint density at radius 3 is 2.43 bits per heavy atom. The third-order valence-corrected chi connectivity index (χ3v) is 3.42. The van der Waals surface area contributed by atoms with Gasteiger partial charge in [0.2, 0.25) is 0 Å². The molecule has 1 saturated carbocycles. The highest BCUT2D eigenvalue weighted by atomic mass is 16.4. The van der Waals surface area contributed by atoms with Crippen molar-refractivity contribution < 1.29 is 9.90 Å². The summed E-state index contributed by atoms with van der Waals surface area (Å²) in [5.41, 5.74) is 5.44. The van der Waals surface area contributed by atoms with Gasteiger partial charge in [0.05, 0.1) is 5.92 Å². The summed E-state index contributed by atoms with van der Waals surface area (Å²) < 4.78 is 0. The number of hydrogen-bond donors (Lipinski definition) is 2. The number of rotatable bonds is 4. The Hall–Kier alpha value is -0.570. The van der Waals surface area contributed by atoms with Crippen molar-refractivity contribution in [1.82, 2.24) is 0 Å². The molecule has 3 N–H and O–H groups in total. The lowest BCUT2D eigenvalue weighted by molar-refractivity contribution is -0.144. The summed E-state index contributed by atoms with van der Waals surface area (Å²) in [5.74, 6) is 0.285. The SMILES string of the molecule is CC1CCC(C(CCN)C(=O)O)CC1. The average Bonchev–Trinajstić information content (AvgIpc) is 2.15. The maximum atomic E-state index is 11.0. The van der Waals surface area contributed by atoms with Crippen LogP contribution in [0.25, 0.3) is 0 Å². The lowest BCUT2D eigenvalue weighted by Gasteiger charge is -2.30. The van der Waals surface area contributed by atoms with Gasteiger partial charge in [0.25, 0.3) is 0 Å². The zero-order chi connectivity index (χ0) is 10.6. The smallest absolute Gasteiger partial charge is 0.306 e. The summed E-state index contributed by atoms with van der Waals surface area (Å²) >= 11 is 0. The lowest BCUT2D eigenvalue weighted by Crippen LogP contribution is -2.29. The van der Waals surface area contributed by atoms with Gasteiger partial charge < -0.3 is 10.8 Å². The van der Waals surface area contributed by atoms with E-state index in [-0.39, 0.29) is 5.92 Å². The highest BCUT2D eigenvalue weighted by molar-refractivity contribution is 5.70. The predicted molar refractivity (Wildman–Crippen MR) is 55.9 cm³/mol. The standard InChI is InChI=1S/C11H21NO2/c1-8-2-4-9(5-3-8)10(6-7-12)11(13)14/h8-10H,2-7,12H2,1H3,(H,13,14). The molecular formula is C11H21NO2. The van der Waals surface area contributed by atoms with Crippen LogP contribution in [0.15, 0.2) is 0 Å². The average molecular weight is 199 g/mol. The molecule has 0 aromatic heterocycles. The molecule has 1 aliphatic rings. The molecule has 1 rings (SSSR count). The minimum atomic E-state index is -0.657. The molecule has 0 aliphatic heterocycles. The minimum Gasteiger partial charge on any atom is -0.481 e. The molecule has 0 saturated heterocycles. The fourth-order valence-corrected chi connectivity index (χ4v) is 2.43. The van der Waals surface area contributed by atoms with Gasteiger partial charge in [0.1, 0.15) is 0 Å². The molecule has 0 aromatic carbocycles. The monoisotopic (exact) mass is 199 g/mol. The molecule has 0 spiro atoms. The van der Waals surface area contributed by atoms with E-state index in [0.717, 1.165) is 18.8 Å². The molecule has 1 aliphatic carbocycles. The third-order valence-electron chi connectivity index (χ3n) is 3.42. The van der Waals surface area contributed by atoms with E-state index < -0.39 is 5.97 Å². The normalized spacial score (nSPS) is 29.9. The Kier molecular flexibility index (Phi) is 4.39. The quantitative estimate of drug-likeness (QED) is 0.726. The fraction of sp³-hybridized carbons (Fsp3) is 0.909. The van der Waals surface area contributed by atoms with Crippen LogP contribution in [0.4, 0.5) is 0 Å². The van der Waals surface area contributed by atoms with E-state index in [4.69, 9.17) is 10.8 Å². The molecule has 0 radical (unpaired) electrons. The first-order valence-corrected chi connectivity index (χ1v) is 5.58. The Bertz CT molecular complexity index is 186. The number of nitrogens with two attached hydrogens (primary N) is 1. The molecule has 3 nitrogen and oxygen atoms in total. The van der Waals surface area contributed by atoms with E-state index in [0.29, 0.717) is 18.9 Å². The van der Waals surface area contributed by atoms with Crippen LogP contribution in [0.2, 0.25) is 0 Å². The largest absolute Gasteiger partial charge is 0.481 e. The second-order valence-electron chi connectivity index (χ2n) is 4.54. The molecule has 0 bridgehead atoms. The van der Waals surface area contributed by atoms with Crippen molar-refractivity contribution in [3.05, 3.63) is 0 Å². The van der Waals surface area contributed by atoms with Crippen molar-refractivity contribution in [2.24, 2.45) is 23.5 Å². The van der Waals surface area contributed by atoms with E-state index in [2.05, 4.69) is 6.92 Å². The number of aliphatic carboxylic acids is 1. The fourth-order valence-electron chi connectivity index (χ4n) is 2.43. The van der Waals surface area contributed by atoms with Gasteiger partial charge in [-0.05, 0) is 37.6 Å². The van der Waals surface area contributed by atoms with E-state index in [9.17, 15) is 4.79 Å². The molecule has 14 heavy (non-hydrogen) atoms. The third kappa shape index (κ3) is 2.98. The van der Waals surface area contributed by atoms with Crippen molar-refractivity contribution in [2.75, 3.05) is 6.54 Å². The highest BCUT2D eigenvalue weighted by Crippen LogP contribution is 2.34. The van der Waals surface area contributed by atoms with Crippen molar-refractivity contribution >= 4 is 5.97 Å². The molecule has 82 valence electrons. The summed E-state index contributed by atoms with van der Waals surface area (Å²) in [6.07, 6.45) is 5.13. The second kappa shape index (κ2) is 5.35. The number of carboxylic acids is 1. The van der Waals surface area contributed by atoms with Gasteiger partial charge in [-0.1, -0.05) is 19.8 Å². The van der Waals surface area contributed by atoms with Crippen LogP contribution in [0.5, 0.6) is 0 Å². The van der Waals surface area contributed by atoms with Crippen molar-refractivity contribution in [3.63, 3.8) is 0 Å². The Morgan fingerprint density at radius 1 is 1.43 bits per heavy atom. The Balaban J connectivity index is 2.47. The van der Waals surface area contributed by atoms with Crippen molar-refractivity contribution in [3.8, 4) is 0 Å². The van der Waals surface area contributed by atoms with Gasteiger partial charge in [-0.15, -0.1) is 0 Å². The zero-order valence-electron chi connectivity index (χ0n) is 8.91. The van der Waals surface area contributed by atoms with Crippen LogP contribution in [0, 0.1) is 17.8 Å². The lowest BCUT2D eigenvalue weighted by atomic mass is 9.75. The Morgan fingerprint density at radius 2 is 2.00 bits per heavy atom. The molecule has 0 heterocycles. The molecule has 1 unspecified atom stereocenters. The first-order chi connectivity index (χ1) is 6.65. The van der Waals surface area contributed by atoms with E-state index in [1.807, 2.05) is 0 Å². The van der Waals surface area contributed by atoms with Gasteiger partial charge in [0, 0.05) is 0 Å². The predicted octanol–water partition coefficient (Wildman–Crippen LogP) is 1.86. The van der Waals surface area contributed by atoms with Crippen LogP contribution >= 0.6 is 0 Å². The first kappa shape index (κ1) is 11.5. The minimum absolute atomic E-state index is 0.201. The summed E-state index contributed by atoms with van der Waals surface area (Å²) in [4.78, 5) is 11.0. The molecule has 0 amide bonds. The molecule has 3 heteroatoms. The molecule has 0 aromatic rings. The topological polar surface area (TPSA) is 63.3 Å².